The summed E-state index contributed by atoms with van der Waals surface area (Å²) in [4.78, 5) is 14.3. The summed E-state index contributed by atoms with van der Waals surface area (Å²) in [6.07, 6.45) is 2.76. The van der Waals surface area contributed by atoms with E-state index in [1.807, 2.05) is 0 Å². The molecular weight excluding hydrogens is 249 g/mol. The third kappa shape index (κ3) is 1.96. The van der Waals surface area contributed by atoms with E-state index in [9.17, 15) is 10.1 Å². The molecule has 0 saturated heterocycles. The number of hydrogen-bond acceptors (Lipinski definition) is 3. The zero-order chi connectivity index (χ0) is 7.56. The molecule has 0 aromatic heterocycles. The molecule has 1 saturated carbocycles. The molecule has 0 spiro atoms. The lowest BCUT2D eigenvalue weighted by molar-refractivity contribution is -0.767. The van der Waals surface area contributed by atoms with E-state index in [4.69, 9.17) is 0 Å². The van der Waals surface area contributed by atoms with Gasteiger partial charge in [-0.1, -0.05) is 29.0 Å². The number of hydrogen-bond donors (Lipinski definition) is 0. The molecule has 1 aliphatic carbocycles. The summed E-state index contributed by atoms with van der Waals surface area (Å²) in [7, 11) is 0. The molecule has 0 bridgehead atoms. The van der Waals surface area contributed by atoms with E-state index in [0.29, 0.717) is 3.92 Å². The largest absolute Gasteiger partial charge is 0.309 e. The van der Waals surface area contributed by atoms with Crippen LogP contribution >= 0.6 is 22.6 Å². The van der Waals surface area contributed by atoms with Crippen LogP contribution < -0.4 is 0 Å². The Balaban J connectivity index is 2.33. The van der Waals surface area contributed by atoms with Crippen LogP contribution in [0, 0.1) is 10.1 Å². The van der Waals surface area contributed by atoms with Crippen molar-refractivity contribution in [2.45, 2.75) is 29.3 Å². The molecule has 0 radical (unpaired) electrons. The van der Waals surface area contributed by atoms with Gasteiger partial charge in [-0.15, -0.1) is 10.1 Å². The lowest BCUT2D eigenvalue weighted by Crippen LogP contribution is -2.20. The van der Waals surface area contributed by atoms with Crippen molar-refractivity contribution in [3.63, 3.8) is 0 Å². The molecule has 1 rings (SSSR count). The SMILES string of the molecule is O=[N+]([O-])OC1CCCC1I. The molecule has 0 N–H and O–H groups in total. The summed E-state index contributed by atoms with van der Waals surface area (Å²) >= 11 is 2.20. The molecule has 0 aliphatic heterocycles. The van der Waals surface area contributed by atoms with Crippen LogP contribution in [0.5, 0.6) is 0 Å². The predicted octanol–water partition coefficient (Wildman–Crippen LogP) is 1.55. The van der Waals surface area contributed by atoms with Crippen LogP contribution in [0.3, 0.4) is 0 Å². The van der Waals surface area contributed by atoms with Gasteiger partial charge in [0.25, 0.3) is 5.09 Å². The monoisotopic (exact) mass is 257 g/mol. The van der Waals surface area contributed by atoms with Crippen molar-refractivity contribution in [2.75, 3.05) is 0 Å². The second-order valence-electron chi connectivity index (χ2n) is 2.31. The van der Waals surface area contributed by atoms with Gasteiger partial charge in [-0.2, -0.15) is 0 Å². The second kappa shape index (κ2) is 3.36. The van der Waals surface area contributed by atoms with Crippen molar-refractivity contribution in [1.82, 2.24) is 0 Å². The molecule has 4 nitrogen and oxygen atoms in total. The van der Waals surface area contributed by atoms with E-state index in [1.54, 1.807) is 0 Å². The highest BCUT2D eigenvalue weighted by Crippen LogP contribution is 2.28. The van der Waals surface area contributed by atoms with Crippen molar-refractivity contribution in [3.8, 4) is 0 Å². The van der Waals surface area contributed by atoms with Crippen LogP contribution in [0.25, 0.3) is 0 Å². The Kier molecular flexibility index (Phi) is 2.70. The molecule has 0 aromatic carbocycles. The molecule has 0 heterocycles. The van der Waals surface area contributed by atoms with Gasteiger partial charge < -0.3 is 4.84 Å². The average molecular weight is 257 g/mol. The Labute approximate surface area is 72.2 Å². The topological polar surface area (TPSA) is 52.4 Å². The molecule has 5 heteroatoms. The van der Waals surface area contributed by atoms with E-state index < -0.39 is 5.09 Å². The fourth-order valence-corrected chi connectivity index (χ4v) is 2.04. The molecule has 1 fully saturated rings. The number of nitrogens with zero attached hydrogens (tertiary/aromatic N) is 1. The summed E-state index contributed by atoms with van der Waals surface area (Å²) in [5, 5.41) is 9.19. The Morgan fingerprint density at radius 2 is 2.30 bits per heavy atom. The van der Waals surface area contributed by atoms with E-state index in [-0.39, 0.29) is 6.10 Å². The number of halogens is 1. The minimum atomic E-state index is -0.693. The first-order chi connectivity index (χ1) is 4.70. The van der Waals surface area contributed by atoms with Crippen LogP contribution in [0.4, 0.5) is 0 Å². The lowest BCUT2D eigenvalue weighted by atomic mass is 10.3. The van der Waals surface area contributed by atoms with Gasteiger partial charge in [-0.05, 0) is 12.8 Å². The molecule has 1 aliphatic rings. The van der Waals surface area contributed by atoms with E-state index >= 15 is 0 Å². The highest BCUT2D eigenvalue weighted by molar-refractivity contribution is 14.1. The van der Waals surface area contributed by atoms with Gasteiger partial charge in [0.05, 0.1) is 0 Å². The maximum absolute atomic E-state index is 9.88. The molecule has 10 heavy (non-hydrogen) atoms. The molecular formula is C5H8INO3. The zero-order valence-electron chi connectivity index (χ0n) is 5.33. The summed E-state index contributed by atoms with van der Waals surface area (Å²) in [5.41, 5.74) is 0. The summed E-state index contributed by atoms with van der Waals surface area (Å²) < 4.78 is 0.322. The van der Waals surface area contributed by atoms with Crippen LogP contribution in [0.15, 0.2) is 0 Å². The van der Waals surface area contributed by atoms with Crippen LogP contribution in [0.2, 0.25) is 0 Å². The molecule has 0 aromatic rings. The lowest BCUT2D eigenvalue weighted by Gasteiger charge is -2.09. The Morgan fingerprint density at radius 1 is 1.60 bits per heavy atom. The highest BCUT2D eigenvalue weighted by atomic mass is 127. The second-order valence-corrected chi connectivity index (χ2v) is 3.91. The van der Waals surface area contributed by atoms with Gasteiger partial charge in [0, 0.05) is 3.92 Å². The predicted molar refractivity (Wildman–Crippen MR) is 43.5 cm³/mol. The minimum Gasteiger partial charge on any atom is -0.309 e. The van der Waals surface area contributed by atoms with Crippen LogP contribution in [0.1, 0.15) is 19.3 Å². The van der Waals surface area contributed by atoms with Crippen molar-refractivity contribution in [1.29, 1.82) is 0 Å². The first-order valence-corrected chi connectivity index (χ1v) is 4.40. The Bertz CT molecular complexity index is 141. The van der Waals surface area contributed by atoms with Gasteiger partial charge in [-0.3, -0.25) is 0 Å². The van der Waals surface area contributed by atoms with Crippen molar-refractivity contribution in [2.24, 2.45) is 0 Å². The van der Waals surface area contributed by atoms with E-state index in [0.717, 1.165) is 19.3 Å². The van der Waals surface area contributed by atoms with E-state index in [1.165, 1.54) is 0 Å². The third-order valence-electron chi connectivity index (χ3n) is 1.59. The smallest absolute Gasteiger partial charge is 0.294 e. The van der Waals surface area contributed by atoms with Crippen LogP contribution in [-0.4, -0.2) is 15.1 Å². The van der Waals surface area contributed by atoms with Crippen LogP contribution in [-0.2, 0) is 4.84 Å². The maximum atomic E-state index is 9.88. The molecule has 58 valence electrons. The maximum Gasteiger partial charge on any atom is 0.294 e. The number of rotatable bonds is 2. The highest BCUT2D eigenvalue weighted by Gasteiger charge is 2.27. The van der Waals surface area contributed by atoms with E-state index in [2.05, 4.69) is 27.4 Å². The van der Waals surface area contributed by atoms with Crippen molar-refractivity contribution < 1.29 is 9.92 Å². The minimum absolute atomic E-state index is 0.157. The normalized spacial score (nSPS) is 32.1. The summed E-state index contributed by atoms with van der Waals surface area (Å²) in [5.74, 6) is 0. The molecule has 2 atom stereocenters. The van der Waals surface area contributed by atoms with Gasteiger partial charge in [0.1, 0.15) is 6.10 Å². The third-order valence-corrected chi connectivity index (χ3v) is 3.02. The van der Waals surface area contributed by atoms with Gasteiger partial charge >= 0.3 is 0 Å². The van der Waals surface area contributed by atoms with Gasteiger partial charge in [0.2, 0.25) is 0 Å². The fraction of sp³-hybridized carbons (Fsp3) is 1.00. The molecule has 0 amide bonds. The first-order valence-electron chi connectivity index (χ1n) is 3.15. The first kappa shape index (κ1) is 8.03. The van der Waals surface area contributed by atoms with Crippen molar-refractivity contribution in [3.05, 3.63) is 10.1 Å². The quantitative estimate of drug-likeness (QED) is 0.326. The number of alkyl halides is 1. The Morgan fingerprint density at radius 3 is 2.70 bits per heavy atom. The summed E-state index contributed by atoms with van der Waals surface area (Å²) in [6.45, 7) is 0. The zero-order valence-corrected chi connectivity index (χ0v) is 7.48. The molecule has 2 unspecified atom stereocenters. The van der Waals surface area contributed by atoms with Gasteiger partial charge in [-0.25, -0.2) is 0 Å². The standard InChI is InChI=1S/C5H8INO3/c6-4-2-1-3-5(4)10-7(8)9/h4-5H,1-3H2. The Hall–Kier alpha value is -0.0700. The van der Waals surface area contributed by atoms with Crippen molar-refractivity contribution >= 4 is 22.6 Å². The summed E-state index contributed by atoms with van der Waals surface area (Å²) in [6, 6.07) is 0. The average Bonchev–Trinajstić information content (AvgIpc) is 2.15. The fourth-order valence-electron chi connectivity index (χ4n) is 1.11. The van der Waals surface area contributed by atoms with Gasteiger partial charge in [0.15, 0.2) is 0 Å².